The Morgan fingerprint density at radius 2 is 0.895 bits per heavy atom. The molecule has 0 bridgehead atoms. The Kier molecular flexibility index (Phi) is 9.72. The smallest absolute Gasteiger partial charge is 0.217 e. The minimum Gasteiger partial charge on any atom is -0.726 e. The molecule has 4 rings (SSSR count). The minimum atomic E-state index is -4.41. The third-order valence-electron chi connectivity index (χ3n) is 5.37. The molecule has 0 unspecified atom stereocenters. The lowest BCUT2D eigenvalue weighted by atomic mass is 10.0. The van der Waals surface area contributed by atoms with E-state index in [9.17, 15) is 25.9 Å². The number of benzene rings is 2. The molecule has 2 heterocycles. The Morgan fingerprint density at radius 1 is 0.632 bits per heavy atom. The van der Waals surface area contributed by atoms with Crippen molar-refractivity contribution in [2.75, 3.05) is 56.5 Å². The van der Waals surface area contributed by atoms with E-state index in [2.05, 4.69) is 97.3 Å². The SMILES string of the molecule is COS(=O)(=O)[O-].COS(=O)(=O)[O-].C[N+](C)(C)Cc1c[nH]c2c1ccc1c2ccc2c(C[N+](C)(C)C)c[nH]c21. The van der Waals surface area contributed by atoms with Crippen LogP contribution in [-0.2, 0) is 42.3 Å². The molecule has 4 aromatic rings. The molecule has 2 aromatic carbocycles. The molecule has 0 saturated heterocycles. The molecular weight excluding hydrogens is 536 g/mol. The summed E-state index contributed by atoms with van der Waals surface area (Å²) >= 11 is 0. The third kappa shape index (κ3) is 9.32. The van der Waals surface area contributed by atoms with Gasteiger partial charge in [0.1, 0.15) is 13.1 Å². The van der Waals surface area contributed by atoms with Gasteiger partial charge in [-0.3, -0.25) is 8.37 Å². The summed E-state index contributed by atoms with van der Waals surface area (Å²) in [5.41, 5.74) is 5.25. The number of nitrogens with one attached hydrogen (secondary N) is 2. The van der Waals surface area contributed by atoms with Gasteiger partial charge in [0.15, 0.2) is 0 Å². The van der Waals surface area contributed by atoms with Gasteiger partial charge in [0.25, 0.3) is 0 Å². The lowest BCUT2D eigenvalue weighted by Crippen LogP contribution is -2.33. The second-order valence-electron chi connectivity index (χ2n) is 10.7. The average Bonchev–Trinajstić information content (AvgIpc) is 3.35. The monoisotopic (exact) mass is 572 g/mol. The topological polar surface area (TPSA) is 164 Å². The number of hydrogen-bond acceptors (Lipinski definition) is 8. The van der Waals surface area contributed by atoms with Gasteiger partial charge in [-0.2, -0.15) is 0 Å². The molecule has 212 valence electrons. The highest BCUT2D eigenvalue weighted by Crippen LogP contribution is 2.33. The number of H-pyrrole nitrogens is 2. The van der Waals surface area contributed by atoms with Crippen molar-refractivity contribution >= 4 is 53.4 Å². The van der Waals surface area contributed by atoms with Crippen LogP contribution >= 0.6 is 0 Å². The zero-order valence-corrected chi connectivity index (χ0v) is 24.5. The maximum absolute atomic E-state index is 9.22. The first-order chi connectivity index (χ1) is 17.2. The van der Waals surface area contributed by atoms with Crippen LogP contribution in [0.1, 0.15) is 11.1 Å². The van der Waals surface area contributed by atoms with E-state index < -0.39 is 20.8 Å². The largest absolute Gasteiger partial charge is 0.726 e. The van der Waals surface area contributed by atoms with Gasteiger partial charge in [0, 0.05) is 45.1 Å². The van der Waals surface area contributed by atoms with Crippen molar-refractivity contribution in [1.82, 2.24) is 9.97 Å². The summed E-state index contributed by atoms with van der Waals surface area (Å²) in [7, 11) is 6.19. The van der Waals surface area contributed by atoms with E-state index in [1.165, 1.54) is 43.7 Å². The summed E-state index contributed by atoms with van der Waals surface area (Å²) in [5.74, 6) is 0. The molecule has 2 N–H and O–H groups in total. The van der Waals surface area contributed by atoms with Crippen LogP contribution in [0, 0.1) is 0 Å². The second kappa shape index (κ2) is 11.7. The lowest BCUT2D eigenvalue weighted by Gasteiger charge is -2.23. The van der Waals surface area contributed by atoms with Crippen molar-refractivity contribution in [2.45, 2.75) is 13.1 Å². The number of fused-ring (bicyclic) bond motifs is 5. The number of quaternary nitrogens is 2. The summed E-state index contributed by atoms with van der Waals surface area (Å²) in [6, 6.07) is 9.11. The minimum absolute atomic E-state index is 0.808. The van der Waals surface area contributed by atoms with Gasteiger partial charge in [-0.15, -0.1) is 0 Å². The first-order valence-electron chi connectivity index (χ1n) is 11.4. The summed E-state index contributed by atoms with van der Waals surface area (Å²) < 4.78 is 63.9. The molecule has 14 heteroatoms. The van der Waals surface area contributed by atoms with Crippen LogP contribution in [0.3, 0.4) is 0 Å². The van der Waals surface area contributed by atoms with Crippen LogP contribution in [0.25, 0.3) is 32.6 Å². The number of hydrogen-bond donors (Lipinski definition) is 2. The average molecular weight is 573 g/mol. The zero-order valence-electron chi connectivity index (χ0n) is 22.9. The molecule has 0 aliphatic rings. The maximum atomic E-state index is 9.22. The molecule has 2 aromatic heterocycles. The van der Waals surface area contributed by atoms with Crippen LogP contribution in [0.4, 0.5) is 0 Å². The summed E-state index contributed by atoms with van der Waals surface area (Å²) in [6.45, 7) is 2.04. The van der Waals surface area contributed by atoms with Crippen LogP contribution in [0.15, 0.2) is 36.7 Å². The molecule has 0 amide bonds. The first kappa shape index (κ1) is 31.7. The van der Waals surface area contributed by atoms with Gasteiger partial charge >= 0.3 is 0 Å². The van der Waals surface area contributed by atoms with E-state index in [0.717, 1.165) is 36.3 Å². The van der Waals surface area contributed by atoms with Crippen LogP contribution in [-0.4, -0.2) is 101 Å². The van der Waals surface area contributed by atoms with Crippen molar-refractivity contribution < 1.29 is 43.3 Å². The van der Waals surface area contributed by atoms with E-state index in [-0.39, 0.29) is 0 Å². The van der Waals surface area contributed by atoms with Crippen molar-refractivity contribution in [3.63, 3.8) is 0 Å². The van der Waals surface area contributed by atoms with Crippen molar-refractivity contribution in [3.05, 3.63) is 47.8 Å². The molecule has 0 aliphatic heterocycles. The Labute approximate surface area is 223 Å². The zero-order chi connectivity index (χ0) is 29.1. The van der Waals surface area contributed by atoms with Crippen molar-refractivity contribution in [1.29, 1.82) is 0 Å². The van der Waals surface area contributed by atoms with Crippen LogP contribution in [0.5, 0.6) is 0 Å². The lowest BCUT2D eigenvalue weighted by molar-refractivity contribution is -0.883. The van der Waals surface area contributed by atoms with Crippen molar-refractivity contribution in [2.24, 2.45) is 0 Å². The molecule has 12 nitrogen and oxygen atoms in total. The predicted octanol–water partition coefficient (Wildman–Crippen LogP) is 2.40. The fourth-order valence-electron chi connectivity index (χ4n) is 4.01. The van der Waals surface area contributed by atoms with Gasteiger partial charge in [-0.1, -0.05) is 24.3 Å². The van der Waals surface area contributed by atoms with Gasteiger partial charge in [-0.05, 0) is 0 Å². The predicted molar refractivity (Wildman–Crippen MR) is 145 cm³/mol. The fraction of sp³-hybridized carbons (Fsp3) is 0.417. The molecule has 0 fully saturated rings. The normalized spacial score (nSPS) is 12.8. The van der Waals surface area contributed by atoms with E-state index in [1.54, 1.807) is 0 Å². The summed E-state index contributed by atoms with van der Waals surface area (Å²) in [5, 5.41) is 5.26. The quantitative estimate of drug-likeness (QED) is 0.202. The maximum Gasteiger partial charge on any atom is 0.217 e. The molecule has 0 spiro atoms. The van der Waals surface area contributed by atoms with Gasteiger partial charge in [-0.25, -0.2) is 16.8 Å². The molecule has 0 radical (unpaired) electrons. The molecule has 0 aliphatic carbocycles. The highest BCUT2D eigenvalue weighted by molar-refractivity contribution is 7.81. The highest BCUT2D eigenvalue weighted by atomic mass is 32.3. The first-order valence-corrected chi connectivity index (χ1v) is 14.1. The van der Waals surface area contributed by atoms with E-state index >= 15 is 0 Å². The number of rotatable bonds is 6. The number of aromatic nitrogens is 2. The van der Waals surface area contributed by atoms with Gasteiger partial charge in [0.05, 0.1) is 67.5 Å². The molecule has 0 saturated carbocycles. The van der Waals surface area contributed by atoms with Crippen LogP contribution < -0.4 is 0 Å². The van der Waals surface area contributed by atoms with Crippen LogP contribution in [0.2, 0.25) is 0 Å². The Morgan fingerprint density at radius 3 is 1.13 bits per heavy atom. The summed E-state index contributed by atoms with van der Waals surface area (Å²) in [4.78, 5) is 7.07. The Hall–Kier alpha value is -2.56. The van der Waals surface area contributed by atoms with E-state index in [1.807, 2.05) is 0 Å². The van der Waals surface area contributed by atoms with E-state index in [0.29, 0.717) is 0 Å². The van der Waals surface area contributed by atoms with Gasteiger partial charge < -0.3 is 28.0 Å². The fourth-order valence-corrected chi connectivity index (χ4v) is 4.01. The van der Waals surface area contributed by atoms with E-state index in [4.69, 9.17) is 0 Å². The number of aromatic amines is 2. The Bertz CT molecular complexity index is 1490. The second-order valence-corrected chi connectivity index (χ2v) is 13.0. The highest BCUT2D eigenvalue weighted by Gasteiger charge is 2.17. The number of nitrogens with zero attached hydrogens (tertiary/aromatic N) is 2. The molecule has 0 atom stereocenters. The van der Waals surface area contributed by atoms with Gasteiger partial charge in [0.2, 0.25) is 20.8 Å². The summed E-state index contributed by atoms with van der Waals surface area (Å²) in [6.07, 6.45) is 4.35. The molecule has 38 heavy (non-hydrogen) atoms. The molecular formula is C24H36N4O8S2. The third-order valence-corrected chi connectivity index (χ3v) is 6.19. The van der Waals surface area contributed by atoms with Crippen molar-refractivity contribution in [3.8, 4) is 0 Å². The Balaban J connectivity index is 0.000000355. The standard InChI is InChI=1S/C22H30N4.2CH4O4S/c1-25(2,3)13-15-11-23-21-17(15)7-9-20-19(21)10-8-18-16(12-24-22(18)20)14-26(4,5)6;2*1-5-6(2,3)4/h7-12,23-24H,13-14H2,1-6H3;2*1H3,(H,2,3,4)/q+2;;/p-2.